The summed E-state index contributed by atoms with van der Waals surface area (Å²) in [6.45, 7) is 2.37. The van der Waals surface area contributed by atoms with Gasteiger partial charge in [-0.15, -0.1) is 0 Å². The SMILES string of the molecule is CCOC(CCOc1ccccc1Cl)C(=O)O. The summed E-state index contributed by atoms with van der Waals surface area (Å²) in [7, 11) is 0. The van der Waals surface area contributed by atoms with Crippen LogP contribution in [0.4, 0.5) is 0 Å². The number of halogens is 1. The molecule has 0 aliphatic heterocycles. The number of aliphatic carboxylic acids is 1. The maximum Gasteiger partial charge on any atom is 0.332 e. The molecule has 0 aliphatic rings. The van der Waals surface area contributed by atoms with Crippen LogP contribution in [0.3, 0.4) is 0 Å². The lowest BCUT2D eigenvalue weighted by molar-refractivity contribution is -0.150. The fourth-order valence-electron chi connectivity index (χ4n) is 1.32. The van der Waals surface area contributed by atoms with Crippen LogP contribution in [0.15, 0.2) is 24.3 Å². The van der Waals surface area contributed by atoms with Gasteiger partial charge in [0.2, 0.25) is 0 Å². The number of benzene rings is 1. The number of carboxylic acids is 1. The maximum absolute atomic E-state index is 10.8. The molecule has 0 fully saturated rings. The highest BCUT2D eigenvalue weighted by molar-refractivity contribution is 6.32. The van der Waals surface area contributed by atoms with E-state index in [0.29, 0.717) is 17.4 Å². The summed E-state index contributed by atoms with van der Waals surface area (Å²) in [6, 6.07) is 7.06. The molecule has 1 unspecified atom stereocenters. The Morgan fingerprint density at radius 2 is 2.18 bits per heavy atom. The van der Waals surface area contributed by atoms with Crippen molar-refractivity contribution in [3.63, 3.8) is 0 Å². The monoisotopic (exact) mass is 258 g/mol. The highest BCUT2D eigenvalue weighted by atomic mass is 35.5. The van der Waals surface area contributed by atoms with E-state index in [1.807, 2.05) is 0 Å². The lowest BCUT2D eigenvalue weighted by Crippen LogP contribution is -2.26. The molecule has 94 valence electrons. The van der Waals surface area contributed by atoms with Crippen molar-refractivity contribution in [2.75, 3.05) is 13.2 Å². The van der Waals surface area contributed by atoms with Crippen molar-refractivity contribution < 1.29 is 19.4 Å². The first-order valence-corrected chi connectivity index (χ1v) is 5.74. The minimum atomic E-state index is -0.977. The molecular weight excluding hydrogens is 244 g/mol. The fraction of sp³-hybridized carbons (Fsp3) is 0.417. The van der Waals surface area contributed by atoms with Gasteiger partial charge in [-0.1, -0.05) is 23.7 Å². The smallest absolute Gasteiger partial charge is 0.332 e. The van der Waals surface area contributed by atoms with E-state index in [2.05, 4.69) is 0 Å². The van der Waals surface area contributed by atoms with E-state index in [1.165, 1.54) is 0 Å². The molecule has 17 heavy (non-hydrogen) atoms. The number of carbonyl (C=O) groups is 1. The molecule has 0 bridgehead atoms. The minimum Gasteiger partial charge on any atom is -0.492 e. The summed E-state index contributed by atoms with van der Waals surface area (Å²) in [5, 5.41) is 9.36. The molecule has 1 N–H and O–H groups in total. The van der Waals surface area contributed by atoms with Gasteiger partial charge in [0.15, 0.2) is 6.10 Å². The molecular formula is C12H15ClO4. The lowest BCUT2D eigenvalue weighted by atomic mass is 10.2. The average molecular weight is 259 g/mol. The van der Waals surface area contributed by atoms with Crippen molar-refractivity contribution >= 4 is 17.6 Å². The first-order valence-electron chi connectivity index (χ1n) is 5.37. The van der Waals surface area contributed by atoms with Gasteiger partial charge in [0.25, 0.3) is 0 Å². The normalized spacial score (nSPS) is 12.1. The van der Waals surface area contributed by atoms with Crippen LogP contribution in [0.5, 0.6) is 5.75 Å². The van der Waals surface area contributed by atoms with E-state index < -0.39 is 12.1 Å². The molecule has 0 saturated carbocycles. The molecule has 0 aromatic heterocycles. The van der Waals surface area contributed by atoms with Gasteiger partial charge in [-0.2, -0.15) is 0 Å². The maximum atomic E-state index is 10.8. The summed E-state index contributed by atoms with van der Waals surface area (Å²) >= 11 is 5.89. The Morgan fingerprint density at radius 3 is 2.76 bits per heavy atom. The molecule has 1 aromatic rings. The highest BCUT2D eigenvalue weighted by Gasteiger charge is 2.17. The van der Waals surface area contributed by atoms with Crippen LogP contribution >= 0.6 is 11.6 Å². The van der Waals surface area contributed by atoms with Crippen LogP contribution in [0.2, 0.25) is 5.02 Å². The summed E-state index contributed by atoms with van der Waals surface area (Å²) in [5.41, 5.74) is 0. The standard InChI is InChI=1S/C12H15ClO4/c1-2-16-11(12(14)15)7-8-17-10-6-4-3-5-9(10)13/h3-6,11H,2,7-8H2,1H3,(H,14,15). The van der Waals surface area contributed by atoms with Gasteiger partial charge < -0.3 is 14.6 Å². The van der Waals surface area contributed by atoms with Crippen molar-refractivity contribution in [1.29, 1.82) is 0 Å². The number of hydrogen-bond acceptors (Lipinski definition) is 3. The third-order valence-electron chi connectivity index (χ3n) is 2.12. The number of hydrogen-bond donors (Lipinski definition) is 1. The molecule has 0 aliphatic carbocycles. The Hall–Kier alpha value is -1.26. The van der Waals surface area contributed by atoms with E-state index in [-0.39, 0.29) is 13.0 Å². The van der Waals surface area contributed by atoms with Crippen molar-refractivity contribution in [3.05, 3.63) is 29.3 Å². The molecule has 1 aromatic carbocycles. The van der Waals surface area contributed by atoms with Crippen LogP contribution in [0, 0.1) is 0 Å². The number of ether oxygens (including phenoxy) is 2. The third-order valence-corrected chi connectivity index (χ3v) is 2.43. The summed E-state index contributed by atoms with van der Waals surface area (Å²) in [4.78, 5) is 10.8. The van der Waals surface area contributed by atoms with Gasteiger partial charge in [0, 0.05) is 13.0 Å². The molecule has 1 rings (SSSR count). The molecule has 0 spiro atoms. The second-order valence-electron chi connectivity index (χ2n) is 3.35. The molecule has 0 heterocycles. The third kappa shape index (κ3) is 4.63. The predicted octanol–water partition coefficient (Wildman–Crippen LogP) is 2.60. The van der Waals surface area contributed by atoms with Crippen molar-refractivity contribution in [2.24, 2.45) is 0 Å². The lowest BCUT2D eigenvalue weighted by Gasteiger charge is -2.13. The molecule has 0 radical (unpaired) electrons. The van der Waals surface area contributed by atoms with E-state index in [9.17, 15) is 4.79 Å². The van der Waals surface area contributed by atoms with Crippen LogP contribution in [0.1, 0.15) is 13.3 Å². The predicted molar refractivity (Wildman–Crippen MR) is 64.6 cm³/mol. The van der Waals surface area contributed by atoms with Crippen LogP contribution in [-0.4, -0.2) is 30.4 Å². The Balaban J connectivity index is 2.41. The highest BCUT2D eigenvalue weighted by Crippen LogP contribution is 2.23. The van der Waals surface area contributed by atoms with E-state index >= 15 is 0 Å². The summed E-state index contributed by atoms with van der Waals surface area (Å²) in [5.74, 6) is -0.426. The van der Waals surface area contributed by atoms with Crippen LogP contribution < -0.4 is 4.74 Å². The van der Waals surface area contributed by atoms with E-state index in [4.69, 9.17) is 26.2 Å². The first-order chi connectivity index (χ1) is 8.15. The van der Waals surface area contributed by atoms with Gasteiger partial charge in [-0.3, -0.25) is 0 Å². The fourth-order valence-corrected chi connectivity index (χ4v) is 1.51. The first kappa shape index (κ1) is 13.8. The van der Waals surface area contributed by atoms with Gasteiger partial charge in [-0.25, -0.2) is 4.79 Å². The molecule has 5 heteroatoms. The quantitative estimate of drug-likeness (QED) is 0.817. The zero-order valence-electron chi connectivity index (χ0n) is 9.56. The zero-order valence-corrected chi connectivity index (χ0v) is 10.3. The van der Waals surface area contributed by atoms with Crippen LogP contribution in [0.25, 0.3) is 0 Å². The van der Waals surface area contributed by atoms with Crippen LogP contribution in [-0.2, 0) is 9.53 Å². The number of carboxylic acid groups (broad SMARTS) is 1. The number of para-hydroxylation sites is 1. The van der Waals surface area contributed by atoms with Gasteiger partial charge in [0.05, 0.1) is 11.6 Å². The summed E-state index contributed by atoms with van der Waals surface area (Å²) < 4.78 is 10.4. The Bertz CT molecular complexity index is 367. The Labute approximate surface area is 105 Å². The van der Waals surface area contributed by atoms with E-state index in [0.717, 1.165) is 0 Å². The second-order valence-corrected chi connectivity index (χ2v) is 3.76. The number of rotatable bonds is 7. The second kappa shape index (κ2) is 7.14. The Kier molecular flexibility index (Phi) is 5.80. The Morgan fingerprint density at radius 1 is 1.47 bits per heavy atom. The molecule has 1 atom stereocenters. The van der Waals surface area contributed by atoms with Gasteiger partial charge >= 0.3 is 5.97 Å². The average Bonchev–Trinajstić information content (AvgIpc) is 2.30. The van der Waals surface area contributed by atoms with Crippen molar-refractivity contribution in [1.82, 2.24) is 0 Å². The van der Waals surface area contributed by atoms with Gasteiger partial charge in [0.1, 0.15) is 5.75 Å². The summed E-state index contributed by atoms with van der Waals surface area (Å²) in [6.07, 6.45) is -0.545. The topological polar surface area (TPSA) is 55.8 Å². The molecule has 0 saturated heterocycles. The van der Waals surface area contributed by atoms with E-state index in [1.54, 1.807) is 31.2 Å². The van der Waals surface area contributed by atoms with Crippen molar-refractivity contribution in [2.45, 2.75) is 19.4 Å². The molecule has 0 amide bonds. The zero-order chi connectivity index (χ0) is 12.7. The van der Waals surface area contributed by atoms with Crippen molar-refractivity contribution in [3.8, 4) is 5.75 Å². The van der Waals surface area contributed by atoms with Gasteiger partial charge in [-0.05, 0) is 19.1 Å². The minimum absolute atomic E-state index is 0.251. The largest absolute Gasteiger partial charge is 0.492 e. The molecule has 4 nitrogen and oxygen atoms in total.